The quantitative estimate of drug-likeness (QED) is 0.0948. The van der Waals surface area contributed by atoms with Gasteiger partial charge in [0.15, 0.2) is 0 Å². The topological polar surface area (TPSA) is 0 Å². The van der Waals surface area contributed by atoms with Gasteiger partial charge in [0.25, 0.3) is 0 Å². The van der Waals surface area contributed by atoms with E-state index in [1.54, 1.807) is 0 Å². The number of hydrogen-bond donors (Lipinski definition) is 0. The lowest BCUT2D eigenvalue weighted by atomic mass is 28.4. The highest BCUT2D eigenvalue weighted by Gasteiger charge is 2.57. The van der Waals surface area contributed by atoms with Crippen LogP contribution in [0.4, 0.5) is 0 Å². The summed E-state index contributed by atoms with van der Waals surface area (Å²) < 4.78 is 0. The van der Waals surface area contributed by atoms with E-state index < -0.39 is 0 Å². The van der Waals surface area contributed by atoms with Gasteiger partial charge in [0.1, 0.15) is 0 Å². The van der Waals surface area contributed by atoms with Crippen molar-refractivity contribution in [1.82, 2.24) is 0 Å². The molecule has 0 aliphatic heterocycles. The second kappa shape index (κ2) is 37.0. The van der Waals surface area contributed by atoms with Crippen molar-refractivity contribution < 1.29 is 0 Å². The van der Waals surface area contributed by atoms with Crippen molar-refractivity contribution in [2.24, 2.45) is 0 Å². The first kappa shape index (κ1) is 67.2. The van der Waals surface area contributed by atoms with E-state index in [0.29, 0.717) is 0 Å². The van der Waals surface area contributed by atoms with Crippen LogP contribution in [0, 0.1) is 0 Å². The van der Waals surface area contributed by atoms with Crippen molar-refractivity contribution in [3.8, 4) is 0 Å². The molecule has 0 nitrogen and oxygen atoms in total. The lowest BCUT2D eigenvalue weighted by Gasteiger charge is -2.57. The highest BCUT2D eigenvalue weighted by molar-refractivity contribution is 9.51. The average Bonchev–Trinajstić information content (AvgIpc) is 2.86. The van der Waals surface area contributed by atoms with Gasteiger partial charge in [0.05, 0.1) is 0 Å². The third-order valence-corrected chi connectivity index (χ3v) is 324. The summed E-state index contributed by atoms with van der Waals surface area (Å²) >= 11 is 0. The lowest BCUT2D eigenvalue weighted by molar-refractivity contribution is 4.36. The van der Waals surface area contributed by atoms with Crippen LogP contribution in [0.3, 0.4) is 0 Å². The first-order valence-corrected chi connectivity index (χ1v) is 95.2. The van der Waals surface area contributed by atoms with E-state index in [4.69, 9.17) is 0 Å². The van der Waals surface area contributed by atoms with Crippen molar-refractivity contribution in [1.29, 1.82) is 0 Å². The van der Waals surface area contributed by atoms with E-state index in [0.717, 1.165) is 7.96 Å². The fourth-order valence-electron chi connectivity index (χ4n) is 2.70. The van der Waals surface area contributed by atoms with E-state index in [1.807, 2.05) is 0 Å². The minimum Gasteiger partial charge on any atom is -0.102 e. The maximum absolute atomic E-state index is 4.50. The molecule has 0 rings (SSSR count). The van der Waals surface area contributed by atoms with Gasteiger partial charge in [-0.05, 0) is 154 Å². The Bertz CT molecular complexity index is 667. The van der Waals surface area contributed by atoms with Gasteiger partial charge in [0.2, 0.25) is 0 Å². The van der Waals surface area contributed by atoms with Crippen LogP contribution in [0.15, 0.2) is 0 Å². The van der Waals surface area contributed by atoms with E-state index in [-0.39, 0.29) is 154 Å². The molecule has 0 aliphatic carbocycles. The summed E-state index contributed by atoms with van der Waals surface area (Å²) in [4.78, 5) is 0. The Labute approximate surface area is 370 Å². The molecule has 30 unspecified atom stereocenters. The van der Waals surface area contributed by atoms with Crippen molar-refractivity contribution in [2.75, 3.05) is 0 Å². The largest absolute Gasteiger partial charge is 0.102 e. The van der Waals surface area contributed by atoms with Crippen LogP contribution in [0.2, 0.25) is 0 Å². The molecule has 0 amide bonds. The molecule has 30 atom stereocenters. The maximum Gasteiger partial charge on any atom is -0.0000153 e. The van der Waals surface area contributed by atoms with Crippen molar-refractivity contribution in [3.63, 3.8) is 0 Å². The molecular weight excluding hydrogens is 1460 g/mol. The zero-order chi connectivity index (χ0) is 37.4. The normalized spacial score (nSPS) is 16.4. The van der Waals surface area contributed by atoms with E-state index in [9.17, 15) is 0 Å². The van der Waals surface area contributed by atoms with E-state index >= 15 is 0 Å². The maximum atomic E-state index is 4.50. The molecule has 0 aromatic heterocycles. The summed E-state index contributed by atoms with van der Waals surface area (Å²) in [5.41, 5.74) is 0. The highest BCUT2D eigenvalue weighted by Crippen LogP contribution is 3.45. The third-order valence-electron chi connectivity index (χ3n) is 4.01. The molecule has 0 aromatic rings. The van der Waals surface area contributed by atoms with Crippen LogP contribution < -0.4 is 0 Å². The monoisotopic (exact) mass is 1500 g/mol. The molecule has 0 heterocycles. The Morgan fingerprint density at radius 3 is 0.596 bits per heavy atom. The summed E-state index contributed by atoms with van der Waals surface area (Å²) in [6.07, 6.45) is 0. The molecule has 2 radical (unpaired) electrons. The predicted octanol–water partition coefficient (Wildman–Crippen LogP) is 27.9. The zero-order valence-corrected chi connectivity index (χ0v) is 72.1. The Kier molecular flexibility index (Phi) is 52.9. The van der Waals surface area contributed by atoms with Gasteiger partial charge in [0, 0.05) is 0 Å². The van der Waals surface area contributed by atoms with E-state index in [1.165, 1.54) is 0 Å². The molecule has 0 bridgehead atoms. The second-order valence-electron chi connectivity index (χ2n) is 7.28. The summed E-state index contributed by atoms with van der Waals surface area (Å²) in [5, 5.41) is 0. The minimum atomic E-state index is -0.285. The Hall–Kier alpha value is 20.2. The Morgan fingerprint density at radius 2 is 0.426 bits per heavy atom. The molecule has 47 heavy (non-hydrogen) atoms. The van der Waals surface area contributed by atoms with Crippen LogP contribution in [-0.2, 0) is 0 Å². The highest BCUT2D eigenvalue weighted by atomic mass is 33.6. The summed E-state index contributed by atoms with van der Waals surface area (Å²) in [5.74, 6) is 0. The number of hydrogen-bond acceptors (Lipinski definition) is 0. The predicted molar refractivity (Wildman–Crippen MR) is 391 cm³/mol. The average molecular weight is 1500 g/mol. The van der Waals surface area contributed by atoms with Crippen LogP contribution in [0.5, 0.6) is 0 Å². The fourth-order valence-corrected chi connectivity index (χ4v) is 656. The van der Waals surface area contributed by atoms with Gasteiger partial charge < -0.3 is 0 Å². The summed E-state index contributed by atoms with van der Waals surface area (Å²) in [6, 6.07) is 0. The van der Waals surface area contributed by atoms with Gasteiger partial charge in [-0.25, -0.2) is 0 Å². The van der Waals surface area contributed by atoms with Crippen LogP contribution in [-0.4, -0.2) is 0 Å². The van der Waals surface area contributed by atoms with Gasteiger partial charge in [-0.1, -0.05) is 25.8 Å². The second-order valence-corrected chi connectivity index (χ2v) is 197. The van der Waals surface area contributed by atoms with Crippen LogP contribution in [0.1, 0.15) is 0 Å². The first-order valence-electron chi connectivity index (χ1n) is 10.6. The Morgan fingerprint density at radius 1 is 0.255 bits per heavy atom. The molecule has 282 valence electrons. The van der Waals surface area contributed by atoms with Crippen molar-refractivity contribution in [3.05, 3.63) is 0 Å². The van der Waals surface area contributed by atoms with Crippen molar-refractivity contribution >= 4 is 376 Å². The Balaban J connectivity index is 9.21. The summed E-state index contributed by atoms with van der Waals surface area (Å²) in [6.45, 7) is -3.58. The minimum absolute atomic E-state index is 0.109. The fraction of sp³-hybridized carbons (Fsp3) is 0. The van der Waals surface area contributed by atoms with Gasteiger partial charge in [-0.2, -0.15) is 0 Å². The molecule has 0 saturated heterocycles. The smallest absolute Gasteiger partial charge is 0.0000153 e. The molecule has 0 N–H and O–H groups in total. The van der Waals surface area contributed by atoms with Gasteiger partial charge in [-0.15, -0.1) is 196 Å². The molecular formula is H47P47. The zero-order valence-electron chi connectivity index (χ0n) is 24.0. The molecule has 0 aliphatic rings. The van der Waals surface area contributed by atoms with E-state index in [2.05, 4.69) is 214 Å². The third kappa shape index (κ3) is 24.2. The SMILES string of the molecule is [PH]PP(P)P(P(P)P)P(P(P(P)P)P(P)P)P(P(P(P([PH])P)P(P)P)P(P(P)P)P(P)P)P(P(P(P)P)P(P)P)P(P(P)P)P(P)P. The van der Waals surface area contributed by atoms with Crippen molar-refractivity contribution in [2.45, 2.75) is 0 Å². The van der Waals surface area contributed by atoms with Crippen LogP contribution >= 0.6 is 376 Å². The van der Waals surface area contributed by atoms with Gasteiger partial charge >= 0.3 is 0 Å². The first-order chi connectivity index (χ1) is 21.4. The van der Waals surface area contributed by atoms with Gasteiger partial charge in [-0.3, -0.25) is 0 Å². The molecule has 0 fully saturated rings. The standard InChI is InChI=1S/H47P47/c1-25-37(24)43(36(22)23)46(42(34(18)19)35(20)21)47(44(38(26(2)3)27(4)5)39(28(6)7)29(8)9)45(40(30(10)11)31(12)13)41(32(14)15)33(16)17/h1-2,25H,3-24H2. The molecule has 0 saturated carbocycles. The summed E-state index contributed by atoms with van der Waals surface area (Å²) in [7, 11) is 85.5. The molecule has 47 heteroatoms. The lowest BCUT2D eigenvalue weighted by Crippen LogP contribution is -1.70. The number of rotatable bonds is 22. The molecule has 0 spiro atoms. The van der Waals surface area contributed by atoms with Crippen LogP contribution in [0.25, 0.3) is 0 Å². The molecule has 0 aromatic carbocycles.